The summed E-state index contributed by atoms with van der Waals surface area (Å²) in [4.78, 5) is 0. The van der Waals surface area contributed by atoms with Crippen LogP contribution in [-0.2, 0) is 9.84 Å². The molecule has 0 unspecified atom stereocenters. The Kier molecular flexibility index (Phi) is 5.13. The van der Waals surface area contributed by atoms with Gasteiger partial charge in [0.25, 0.3) is 0 Å². The van der Waals surface area contributed by atoms with E-state index < -0.39 is 15.7 Å². The molecule has 0 saturated carbocycles. The first-order valence-electron chi connectivity index (χ1n) is 6.11. The Morgan fingerprint density at radius 3 is 2.90 bits per heavy atom. The zero-order valence-electron chi connectivity index (χ0n) is 10.8. The van der Waals surface area contributed by atoms with Crippen molar-refractivity contribution >= 4 is 45.0 Å². The topological polar surface area (TPSA) is 70.6 Å². The van der Waals surface area contributed by atoms with Crippen molar-refractivity contribution in [1.29, 1.82) is 0 Å². The van der Waals surface area contributed by atoms with Crippen LogP contribution in [0.3, 0.4) is 0 Å². The van der Waals surface area contributed by atoms with Crippen molar-refractivity contribution in [3.63, 3.8) is 0 Å². The van der Waals surface area contributed by atoms with Gasteiger partial charge < -0.3 is 5.32 Å². The highest BCUT2D eigenvalue weighted by Crippen LogP contribution is 2.16. The monoisotopic (exact) mass is 349 g/mol. The highest BCUT2D eigenvalue weighted by Gasteiger charge is 2.28. The minimum atomic E-state index is -2.97. The number of hydrogen-bond acceptors (Lipinski definition) is 4. The molecule has 1 aromatic rings. The molecule has 5 nitrogen and oxygen atoms in total. The standard InChI is InChI=1S/C12H13ClFN3O2S2/c13-10-2-1-3-11(14)9(10)6-15-17-12(20)16-8-4-5-21(18,19)7-8/h1-3,6,8H,4-5,7H2,(H2,16,17,20)/b15-6-/t8-/m1/s1. The SMILES string of the molecule is O=S1(=O)CC[C@@H](NC(=S)N/N=C\c2c(F)cccc2Cl)C1. The summed E-state index contributed by atoms with van der Waals surface area (Å²) in [6.45, 7) is 0. The minimum absolute atomic E-state index is 0.0532. The Labute approximate surface area is 132 Å². The molecule has 1 aliphatic heterocycles. The first kappa shape index (κ1) is 16.1. The number of halogens is 2. The van der Waals surface area contributed by atoms with Crippen LogP contribution in [0.15, 0.2) is 23.3 Å². The molecule has 0 aliphatic carbocycles. The third-order valence-corrected chi connectivity index (χ3v) is 5.23. The third kappa shape index (κ3) is 4.62. The lowest BCUT2D eigenvalue weighted by atomic mass is 10.2. The van der Waals surface area contributed by atoms with Crippen LogP contribution in [0.4, 0.5) is 4.39 Å². The van der Waals surface area contributed by atoms with Gasteiger partial charge in [-0.05, 0) is 30.8 Å². The van der Waals surface area contributed by atoms with Gasteiger partial charge in [0.2, 0.25) is 0 Å². The summed E-state index contributed by atoms with van der Waals surface area (Å²) in [6.07, 6.45) is 1.73. The van der Waals surface area contributed by atoms with Gasteiger partial charge in [-0.2, -0.15) is 5.10 Å². The van der Waals surface area contributed by atoms with E-state index in [9.17, 15) is 12.8 Å². The predicted molar refractivity (Wildman–Crippen MR) is 84.9 cm³/mol. The van der Waals surface area contributed by atoms with E-state index in [1.807, 2.05) is 0 Å². The molecule has 1 aliphatic rings. The molecule has 1 heterocycles. The van der Waals surface area contributed by atoms with Gasteiger partial charge in [0.15, 0.2) is 14.9 Å². The second-order valence-corrected chi connectivity index (χ2v) is 7.62. The molecule has 21 heavy (non-hydrogen) atoms. The van der Waals surface area contributed by atoms with Gasteiger partial charge >= 0.3 is 0 Å². The maximum atomic E-state index is 13.5. The third-order valence-electron chi connectivity index (χ3n) is 2.93. The Hall–Kier alpha value is -1.25. The number of benzene rings is 1. The lowest BCUT2D eigenvalue weighted by molar-refractivity contribution is 0.600. The molecule has 2 N–H and O–H groups in total. The largest absolute Gasteiger partial charge is 0.358 e. The van der Waals surface area contributed by atoms with Crippen molar-refractivity contribution in [1.82, 2.24) is 10.7 Å². The fourth-order valence-electron chi connectivity index (χ4n) is 1.92. The van der Waals surface area contributed by atoms with Crippen LogP contribution in [0.5, 0.6) is 0 Å². The molecule has 1 fully saturated rings. The maximum Gasteiger partial charge on any atom is 0.187 e. The van der Waals surface area contributed by atoms with Crippen LogP contribution in [0, 0.1) is 5.82 Å². The average Bonchev–Trinajstić information content (AvgIpc) is 2.72. The number of rotatable bonds is 3. The highest BCUT2D eigenvalue weighted by molar-refractivity contribution is 7.91. The van der Waals surface area contributed by atoms with Crippen LogP contribution in [-0.4, -0.2) is 37.3 Å². The number of hydrogen-bond donors (Lipinski definition) is 2. The van der Waals surface area contributed by atoms with E-state index >= 15 is 0 Å². The van der Waals surface area contributed by atoms with E-state index in [1.54, 1.807) is 6.07 Å². The van der Waals surface area contributed by atoms with Gasteiger partial charge in [-0.25, -0.2) is 12.8 Å². The van der Waals surface area contributed by atoms with E-state index in [2.05, 4.69) is 15.8 Å². The summed E-state index contributed by atoms with van der Waals surface area (Å²) >= 11 is 10.8. The van der Waals surface area contributed by atoms with Gasteiger partial charge in [0.1, 0.15) is 5.82 Å². The lowest BCUT2D eigenvalue weighted by Gasteiger charge is -2.12. The van der Waals surface area contributed by atoms with E-state index in [0.29, 0.717) is 6.42 Å². The molecule has 9 heteroatoms. The number of hydrazone groups is 1. The lowest BCUT2D eigenvalue weighted by Crippen LogP contribution is -2.40. The average molecular weight is 350 g/mol. The van der Waals surface area contributed by atoms with E-state index in [-0.39, 0.29) is 33.2 Å². The normalized spacial score (nSPS) is 20.6. The quantitative estimate of drug-likeness (QED) is 0.491. The molecular formula is C12H13ClFN3O2S2. The van der Waals surface area contributed by atoms with Crippen LogP contribution in [0.2, 0.25) is 5.02 Å². The van der Waals surface area contributed by atoms with Crippen LogP contribution < -0.4 is 10.7 Å². The molecule has 2 rings (SSSR count). The molecule has 1 aromatic carbocycles. The second kappa shape index (κ2) is 6.67. The molecule has 0 bridgehead atoms. The number of nitrogens with zero attached hydrogens (tertiary/aromatic N) is 1. The van der Waals surface area contributed by atoms with Crippen molar-refractivity contribution in [3.8, 4) is 0 Å². The second-order valence-electron chi connectivity index (χ2n) is 4.58. The summed E-state index contributed by atoms with van der Waals surface area (Å²) in [6, 6.07) is 4.09. The van der Waals surface area contributed by atoms with E-state index in [0.717, 1.165) is 0 Å². The van der Waals surface area contributed by atoms with E-state index in [1.165, 1.54) is 18.3 Å². The zero-order valence-corrected chi connectivity index (χ0v) is 13.2. The Bertz CT molecular complexity index is 659. The van der Waals surface area contributed by atoms with Crippen LogP contribution in [0.1, 0.15) is 12.0 Å². The molecule has 1 atom stereocenters. The van der Waals surface area contributed by atoms with Crippen molar-refractivity contribution in [2.24, 2.45) is 5.10 Å². The maximum absolute atomic E-state index is 13.5. The van der Waals surface area contributed by atoms with Crippen molar-refractivity contribution in [2.75, 3.05) is 11.5 Å². The first-order valence-corrected chi connectivity index (χ1v) is 8.72. The molecule has 0 amide bonds. The summed E-state index contributed by atoms with van der Waals surface area (Å²) in [5.74, 6) is -0.284. The molecule has 0 spiro atoms. The fourth-order valence-corrected chi connectivity index (χ4v) is 4.02. The number of thiocarbonyl (C=S) groups is 1. The van der Waals surface area contributed by atoms with Crippen LogP contribution in [0.25, 0.3) is 0 Å². The van der Waals surface area contributed by atoms with Gasteiger partial charge in [-0.15, -0.1) is 0 Å². The zero-order chi connectivity index (χ0) is 15.5. The molecule has 1 saturated heterocycles. The molecular weight excluding hydrogens is 337 g/mol. The molecule has 0 aromatic heterocycles. The van der Waals surface area contributed by atoms with E-state index in [4.69, 9.17) is 23.8 Å². The highest BCUT2D eigenvalue weighted by atomic mass is 35.5. The Balaban J connectivity index is 1.88. The van der Waals surface area contributed by atoms with Crippen molar-refractivity contribution in [2.45, 2.75) is 12.5 Å². The van der Waals surface area contributed by atoms with Gasteiger partial charge in [0.05, 0.1) is 22.7 Å². The van der Waals surface area contributed by atoms with Crippen molar-refractivity contribution in [3.05, 3.63) is 34.6 Å². The smallest absolute Gasteiger partial charge is 0.187 e. The number of sulfone groups is 1. The summed E-state index contributed by atoms with van der Waals surface area (Å²) in [7, 11) is -2.97. The van der Waals surface area contributed by atoms with Crippen LogP contribution >= 0.6 is 23.8 Å². The minimum Gasteiger partial charge on any atom is -0.358 e. The first-order chi connectivity index (χ1) is 9.87. The summed E-state index contributed by atoms with van der Waals surface area (Å²) < 4.78 is 36.1. The van der Waals surface area contributed by atoms with Gasteiger partial charge in [-0.1, -0.05) is 17.7 Å². The molecule has 0 radical (unpaired) electrons. The summed E-state index contributed by atoms with van der Waals surface area (Å²) in [5, 5.41) is 7.06. The Morgan fingerprint density at radius 1 is 1.52 bits per heavy atom. The predicted octanol–water partition coefficient (Wildman–Crippen LogP) is 1.46. The summed E-state index contributed by atoms with van der Waals surface area (Å²) in [5.41, 5.74) is 2.66. The molecule has 114 valence electrons. The number of nitrogens with one attached hydrogen (secondary N) is 2. The van der Waals surface area contributed by atoms with Crippen molar-refractivity contribution < 1.29 is 12.8 Å². The Morgan fingerprint density at radius 2 is 2.29 bits per heavy atom. The van der Waals surface area contributed by atoms with Gasteiger partial charge in [-0.3, -0.25) is 5.43 Å². The van der Waals surface area contributed by atoms with Gasteiger partial charge in [0, 0.05) is 11.6 Å². The fraction of sp³-hybridized carbons (Fsp3) is 0.333.